The van der Waals surface area contributed by atoms with Crippen LogP contribution >= 0.6 is 11.6 Å². The number of hydrogen-bond donors (Lipinski definition) is 1. The van der Waals surface area contributed by atoms with Gasteiger partial charge in [0.05, 0.1) is 12.9 Å². The molecule has 0 unspecified atom stereocenters. The molecule has 0 aliphatic rings. The second kappa shape index (κ2) is 7.93. The fourth-order valence-electron chi connectivity index (χ4n) is 1.51. The third kappa shape index (κ3) is 4.53. The van der Waals surface area contributed by atoms with Gasteiger partial charge in [0, 0.05) is 17.8 Å². The largest absolute Gasteiger partial charge is 0.501 e. The van der Waals surface area contributed by atoms with E-state index in [2.05, 4.69) is 29.1 Å². The standard InChI is InChI=1S/C13H20ClN3O/c1-4-11(5-2)16-12-10(7-8-18-6-3)9-15-13(14)17-12/h7-9,11H,4-6H2,1-3H3,(H,15,16,17)/b8-7-. The van der Waals surface area contributed by atoms with E-state index in [0.29, 0.717) is 12.6 Å². The molecule has 1 heterocycles. The van der Waals surface area contributed by atoms with E-state index >= 15 is 0 Å². The maximum absolute atomic E-state index is 5.83. The van der Waals surface area contributed by atoms with E-state index in [1.165, 1.54) is 0 Å². The Hall–Kier alpha value is -1.29. The zero-order valence-electron chi connectivity index (χ0n) is 11.1. The monoisotopic (exact) mass is 269 g/mol. The first-order valence-corrected chi connectivity index (χ1v) is 6.66. The van der Waals surface area contributed by atoms with Gasteiger partial charge in [0.1, 0.15) is 5.82 Å². The van der Waals surface area contributed by atoms with Gasteiger partial charge in [-0.3, -0.25) is 0 Å². The lowest BCUT2D eigenvalue weighted by Crippen LogP contribution is -2.18. The fourth-order valence-corrected chi connectivity index (χ4v) is 1.64. The van der Waals surface area contributed by atoms with E-state index in [4.69, 9.17) is 16.3 Å². The van der Waals surface area contributed by atoms with Gasteiger partial charge in [-0.15, -0.1) is 0 Å². The van der Waals surface area contributed by atoms with Gasteiger partial charge in [0.2, 0.25) is 5.28 Å². The maximum atomic E-state index is 5.83. The second-order valence-corrected chi connectivity index (χ2v) is 4.20. The minimum absolute atomic E-state index is 0.247. The molecule has 0 amide bonds. The molecule has 0 saturated heterocycles. The molecule has 0 atom stereocenters. The Labute approximate surface area is 113 Å². The Kier molecular flexibility index (Phi) is 6.50. The van der Waals surface area contributed by atoms with Crippen molar-refractivity contribution < 1.29 is 4.74 Å². The van der Waals surface area contributed by atoms with Crippen molar-refractivity contribution in [2.75, 3.05) is 11.9 Å². The average Bonchev–Trinajstić information content (AvgIpc) is 2.38. The van der Waals surface area contributed by atoms with Crippen LogP contribution in [0.4, 0.5) is 5.82 Å². The van der Waals surface area contributed by atoms with Gasteiger partial charge < -0.3 is 10.1 Å². The first kappa shape index (κ1) is 14.8. The minimum Gasteiger partial charge on any atom is -0.501 e. The van der Waals surface area contributed by atoms with Gasteiger partial charge in [-0.25, -0.2) is 9.97 Å². The van der Waals surface area contributed by atoms with E-state index in [1.54, 1.807) is 12.5 Å². The van der Waals surface area contributed by atoms with E-state index in [0.717, 1.165) is 24.2 Å². The number of ether oxygens (including phenoxy) is 1. The van der Waals surface area contributed by atoms with E-state index < -0.39 is 0 Å². The number of aromatic nitrogens is 2. The molecule has 1 aromatic rings. The van der Waals surface area contributed by atoms with Gasteiger partial charge in [0.15, 0.2) is 0 Å². The van der Waals surface area contributed by atoms with Crippen molar-refractivity contribution in [2.45, 2.75) is 39.7 Å². The summed E-state index contributed by atoms with van der Waals surface area (Å²) in [6.07, 6.45) is 7.24. The van der Waals surface area contributed by atoms with Crippen LogP contribution in [0.2, 0.25) is 5.28 Å². The summed E-state index contributed by atoms with van der Waals surface area (Å²) in [5.41, 5.74) is 0.875. The van der Waals surface area contributed by atoms with Crippen LogP contribution in [-0.4, -0.2) is 22.6 Å². The van der Waals surface area contributed by atoms with Crippen LogP contribution in [0, 0.1) is 0 Å². The molecular weight excluding hydrogens is 250 g/mol. The molecule has 0 saturated carbocycles. The molecule has 0 fully saturated rings. The Morgan fingerprint density at radius 1 is 1.39 bits per heavy atom. The zero-order chi connectivity index (χ0) is 13.4. The molecule has 5 heteroatoms. The zero-order valence-corrected chi connectivity index (χ0v) is 11.9. The Bertz CT molecular complexity index is 392. The van der Waals surface area contributed by atoms with Gasteiger partial charge in [-0.1, -0.05) is 13.8 Å². The normalized spacial score (nSPS) is 11.2. The molecule has 0 radical (unpaired) electrons. The van der Waals surface area contributed by atoms with Crippen LogP contribution in [0.15, 0.2) is 12.5 Å². The Morgan fingerprint density at radius 3 is 2.72 bits per heavy atom. The van der Waals surface area contributed by atoms with Crippen molar-refractivity contribution in [3.05, 3.63) is 23.3 Å². The SMILES string of the molecule is CCO/C=C\c1cnc(Cl)nc1NC(CC)CC. The summed E-state index contributed by atoms with van der Waals surface area (Å²) in [5, 5.41) is 3.62. The highest BCUT2D eigenvalue weighted by Gasteiger charge is 2.08. The lowest BCUT2D eigenvalue weighted by atomic mass is 10.1. The summed E-state index contributed by atoms with van der Waals surface area (Å²) >= 11 is 5.83. The first-order valence-electron chi connectivity index (χ1n) is 6.28. The number of halogens is 1. The van der Waals surface area contributed by atoms with Crippen molar-refractivity contribution in [1.82, 2.24) is 9.97 Å². The predicted molar refractivity (Wildman–Crippen MR) is 75.7 cm³/mol. The Morgan fingerprint density at radius 2 is 2.11 bits per heavy atom. The molecule has 0 bridgehead atoms. The van der Waals surface area contributed by atoms with Crippen LogP contribution in [-0.2, 0) is 4.74 Å². The molecule has 18 heavy (non-hydrogen) atoms. The highest BCUT2D eigenvalue weighted by molar-refractivity contribution is 6.28. The minimum atomic E-state index is 0.247. The van der Waals surface area contributed by atoms with Gasteiger partial charge in [0.25, 0.3) is 0 Å². The number of rotatable bonds is 7. The molecule has 0 aliphatic carbocycles. The summed E-state index contributed by atoms with van der Waals surface area (Å²) in [6, 6.07) is 0.384. The molecule has 0 aliphatic heterocycles. The maximum Gasteiger partial charge on any atom is 0.224 e. The van der Waals surface area contributed by atoms with Crippen molar-refractivity contribution in [3.63, 3.8) is 0 Å². The average molecular weight is 270 g/mol. The van der Waals surface area contributed by atoms with Crippen molar-refractivity contribution >= 4 is 23.5 Å². The number of hydrogen-bond acceptors (Lipinski definition) is 4. The van der Waals surface area contributed by atoms with Gasteiger partial charge in [-0.2, -0.15) is 0 Å². The molecule has 4 nitrogen and oxygen atoms in total. The summed E-state index contributed by atoms with van der Waals surface area (Å²) < 4.78 is 5.18. The summed E-state index contributed by atoms with van der Waals surface area (Å²) in [4.78, 5) is 8.21. The predicted octanol–water partition coefficient (Wildman–Crippen LogP) is 3.74. The van der Waals surface area contributed by atoms with Crippen LogP contribution in [0.25, 0.3) is 6.08 Å². The molecule has 1 rings (SSSR count). The number of nitrogens with one attached hydrogen (secondary N) is 1. The third-order valence-electron chi connectivity index (χ3n) is 2.62. The van der Waals surface area contributed by atoms with Crippen LogP contribution in [0.3, 0.4) is 0 Å². The highest BCUT2D eigenvalue weighted by atomic mass is 35.5. The topological polar surface area (TPSA) is 47.0 Å². The molecule has 100 valence electrons. The van der Waals surface area contributed by atoms with Crippen LogP contribution < -0.4 is 5.32 Å². The van der Waals surface area contributed by atoms with E-state index in [-0.39, 0.29) is 5.28 Å². The molecular formula is C13H20ClN3O. The lowest BCUT2D eigenvalue weighted by molar-refractivity contribution is 0.272. The summed E-state index contributed by atoms with van der Waals surface area (Å²) in [6.45, 7) is 6.85. The van der Waals surface area contributed by atoms with Crippen LogP contribution in [0.1, 0.15) is 39.2 Å². The molecule has 1 aromatic heterocycles. The number of anilines is 1. The van der Waals surface area contributed by atoms with E-state index in [9.17, 15) is 0 Å². The molecule has 0 aromatic carbocycles. The smallest absolute Gasteiger partial charge is 0.224 e. The van der Waals surface area contributed by atoms with Gasteiger partial charge >= 0.3 is 0 Å². The lowest BCUT2D eigenvalue weighted by Gasteiger charge is -2.16. The number of nitrogens with zero attached hydrogens (tertiary/aromatic N) is 2. The fraction of sp³-hybridized carbons (Fsp3) is 0.538. The summed E-state index contributed by atoms with van der Waals surface area (Å²) in [5.74, 6) is 0.750. The quantitative estimate of drug-likeness (QED) is 0.605. The molecule has 1 N–H and O–H groups in total. The van der Waals surface area contributed by atoms with Crippen molar-refractivity contribution in [2.24, 2.45) is 0 Å². The van der Waals surface area contributed by atoms with Gasteiger partial charge in [-0.05, 0) is 37.4 Å². The van der Waals surface area contributed by atoms with Crippen molar-refractivity contribution in [3.8, 4) is 0 Å². The Balaban J connectivity index is 2.88. The first-order chi connectivity index (χ1) is 8.71. The summed E-state index contributed by atoms with van der Waals surface area (Å²) in [7, 11) is 0. The third-order valence-corrected chi connectivity index (χ3v) is 2.81. The molecule has 0 spiro atoms. The van der Waals surface area contributed by atoms with E-state index in [1.807, 2.05) is 13.0 Å². The highest BCUT2D eigenvalue weighted by Crippen LogP contribution is 2.18. The second-order valence-electron chi connectivity index (χ2n) is 3.86. The van der Waals surface area contributed by atoms with Crippen LogP contribution in [0.5, 0.6) is 0 Å². The van der Waals surface area contributed by atoms with Crippen molar-refractivity contribution in [1.29, 1.82) is 0 Å².